The smallest absolute Gasteiger partial charge is 0.0733 e. The SMILES string of the molecule is Cc1nc2ccc([Si])c(Cl)c2c(C)c1C. The molecule has 0 unspecified atom stereocenters. The lowest BCUT2D eigenvalue weighted by Gasteiger charge is -2.11. The van der Waals surface area contributed by atoms with Crippen molar-refractivity contribution in [2.24, 2.45) is 0 Å². The fourth-order valence-electron chi connectivity index (χ4n) is 1.74. The molecule has 0 spiro atoms. The minimum absolute atomic E-state index is 0.747. The summed E-state index contributed by atoms with van der Waals surface area (Å²) >= 11 is 6.27. The summed E-state index contributed by atoms with van der Waals surface area (Å²) in [6, 6.07) is 3.92. The van der Waals surface area contributed by atoms with Gasteiger partial charge in [-0.2, -0.15) is 0 Å². The third-order valence-electron chi connectivity index (χ3n) is 2.89. The van der Waals surface area contributed by atoms with Crippen molar-refractivity contribution < 1.29 is 0 Å². The zero-order valence-electron chi connectivity index (χ0n) is 8.98. The van der Waals surface area contributed by atoms with E-state index in [1.807, 2.05) is 19.1 Å². The lowest BCUT2D eigenvalue weighted by molar-refractivity contribution is 1.17. The van der Waals surface area contributed by atoms with Crippen molar-refractivity contribution in [2.45, 2.75) is 20.8 Å². The van der Waals surface area contributed by atoms with Crippen LogP contribution in [0.15, 0.2) is 12.1 Å². The second kappa shape index (κ2) is 3.61. The summed E-state index contributed by atoms with van der Waals surface area (Å²) in [5.74, 6) is 0. The van der Waals surface area contributed by atoms with E-state index >= 15 is 0 Å². The minimum atomic E-state index is 0.747. The number of hydrogen-bond donors (Lipinski definition) is 0. The van der Waals surface area contributed by atoms with E-state index < -0.39 is 0 Å². The lowest BCUT2D eigenvalue weighted by Crippen LogP contribution is -2.06. The van der Waals surface area contributed by atoms with E-state index in [0.29, 0.717) is 0 Å². The number of aryl methyl sites for hydroxylation is 2. The highest BCUT2D eigenvalue weighted by Crippen LogP contribution is 2.26. The number of nitrogens with zero attached hydrogens (tertiary/aromatic N) is 1. The summed E-state index contributed by atoms with van der Waals surface area (Å²) in [6.07, 6.45) is 0. The average molecular weight is 233 g/mol. The molecule has 1 aromatic carbocycles. The summed E-state index contributed by atoms with van der Waals surface area (Å²) < 4.78 is 0. The molecule has 1 heterocycles. The molecular formula is C12H11ClNSi. The second-order valence-corrected chi connectivity index (χ2v) is 4.69. The number of aromatic nitrogens is 1. The maximum Gasteiger partial charge on any atom is 0.0733 e. The van der Waals surface area contributed by atoms with Gasteiger partial charge in [-0.25, -0.2) is 0 Å². The summed E-state index contributed by atoms with van der Waals surface area (Å²) in [5, 5.41) is 2.71. The van der Waals surface area contributed by atoms with E-state index in [9.17, 15) is 0 Å². The van der Waals surface area contributed by atoms with Crippen LogP contribution in [0.1, 0.15) is 16.8 Å². The Hall–Kier alpha value is -0.863. The van der Waals surface area contributed by atoms with Gasteiger partial charge < -0.3 is 0 Å². The first-order valence-electron chi connectivity index (χ1n) is 4.80. The molecule has 1 nitrogen and oxygen atoms in total. The molecule has 2 aromatic rings. The van der Waals surface area contributed by atoms with Gasteiger partial charge >= 0.3 is 0 Å². The van der Waals surface area contributed by atoms with Crippen LogP contribution in [0.5, 0.6) is 0 Å². The van der Waals surface area contributed by atoms with E-state index in [1.54, 1.807) is 0 Å². The van der Waals surface area contributed by atoms with Crippen LogP contribution in [-0.4, -0.2) is 15.2 Å². The summed E-state index contributed by atoms with van der Waals surface area (Å²) in [6.45, 7) is 6.19. The minimum Gasteiger partial charge on any atom is -0.253 e. The molecule has 0 N–H and O–H groups in total. The number of benzene rings is 1. The molecule has 0 aliphatic carbocycles. The van der Waals surface area contributed by atoms with Crippen LogP contribution in [0, 0.1) is 20.8 Å². The van der Waals surface area contributed by atoms with Gasteiger partial charge in [-0.05, 0) is 43.2 Å². The van der Waals surface area contributed by atoms with Gasteiger partial charge in [-0.3, -0.25) is 4.98 Å². The maximum absolute atomic E-state index is 6.27. The zero-order valence-corrected chi connectivity index (χ0v) is 10.7. The van der Waals surface area contributed by atoms with E-state index in [1.165, 1.54) is 11.1 Å². The number of hydrogen-bond acceptors (Lipinski definition) is 1. The molecule has 3 heteroatoms. The van der Waals surface area contributed by atoms with Crippen molar-refractivity contribution in [2.75, 3.05) is 0 Å². The third kappa shape index (κ3) is 1.58. The Balaban J connectivity index is 3.00. The number of rotatable bonds is 0. The highest BCUT2D eigenvalue weighted by Gasteiger charge is 2.09. The van der Waals surface area contributed by atoms with Crippen molar-refractivity contribution >= 4 is 37.9 Å². The molecule has 0 saturated heterocycles. The first-order chi connectivity index (χ1) is 7.02. The number of fused-ring (bicyclic) bond motifs is 1. The summed E-state index contributed by atoms with van der Waals surface area (Å²) in [7, 11) is 3.49. The molecule has 75 valence electrons. The van der Waals surface area contributed by atoms with Crippen LogP contribution < -0.4 is 5.19 Å². The van der Waals surface area contributed by atoms with E-state index in [2.05, 4.69) is 29.1 Å². The summed E-state index contributed by atoms with van der Waals surface area (Å²) in [4.78, 5) is 4.53. The molecule has 0 fully saturated rings. The Bertz CT molecular complexity index is 549. The fourth-order valence-corrected chi connectivity index (χ4v) is 2.25. The summed E-state index contributed by atoms with van der Waals surface area (Å²) in [5.41, 5.74) is 4.45. The number of pyridine rings is 1. The Labute approximate surface area is 97.9 Å². The molecule has 0 atom stereocenters. The molecule has 0 amide bonds. The molecule has 0 bridgehead atoms. The van der Waals surface area contributed by atoms with Crippen molar-refractivity contribution in [1.29, 1.82) is 0 Å². The first kappa shape index (κ1) is 10.6. The predicted octanol–water partition coefficient (Wildman–Crippen LogP) is 2.61. The number of halogens is 1. The highest BCUT2D eigenvalue weighted by atomic mass is 35.5. The van der Waals surface area contributed by atoms with Gasteiger partial charge in [0.15, 0.2) is 0 Å². The zero-order chi connectivity index (χ0) is 11.2. The standard InChI is InChI=1S/C12H11ClNSi/c1-6-7(2)11-9(14-8(6)3)4-5-10(15)12(11)13/h4-5H,1-3H3. The monoisotopic (exact) mass is 232 g/mol. The van der Waals surface area contributed by atoms with Crippen LogP contribution in [0.2, 0.25) is 5.02 Å². The Morgan fingerprint density at radius 3 is 2.47 bits per heavy atom. The van der Waals surface area contributed by atoms with Gasteiger partial charge in [0.25, 0.3) is 0 Å². The normalized spacial score (nSPS) is 11.0. The van der Waals surface area contributed by atoms with Gasteiger partial charge in [-0.15, -0.1) is 0 Å². The predicted molar refractivity (Wildman–Crippen MR) is 66.4 cm³/mol. The van der Waals surface area contributed by atoms with Gasteiger partial charge in [0.05, 0.1) is 15.8 Å². The van der Waals surface area contributed by atoms with Gasteiger partial charge in [0.1, 0.15) is 0 Å². The van der Waals surface area contributed by atoms with Crippen molar-refractivity contribution in [1.82, 2.24) is 4.98 Å². The molecule has 0 aliphatic heterocycles. The maximum atomic E-state index is 6.27. The average Bonchev–Trinajstić information content (AvgIpc) is 2.20. The van der Waals surface area contributed by atoms with Gasteiger partial charge in [0.2, 0.25) is 0 Å². The molecule has 1 aromatic heterocycles. The third-order valence-corrected chi connectivity index (χ3v) is 3.86. The fraction of sp³-hybridized carbons (Fsp3) is 0.250. The molecular weight excluding hydrogens is 222 g/mol. The largest absolute Gasteiger partial charge is 0.253 e. The Morgan fingerprint density at radius 1 is 1.13 bits per heavy atom. The quantitative estimate of drug-likeness (QED) is 0.637. The molecule has 15 heavy (non-hydrogen) atoms. The van der Waals surface area contributed by atoms with Crippen LogP contribution in [0.3, 0.4) is 0 Å². The van der Waals surface area contributed by atoms with Crippen LogP contribution in [0.4, 0.5) is 0 Å². The molecule has 0 saturated carbocycles. The van der Waals surface area contributed by atoms with Crippen molar-refractivity contribution in [3.63, 3.8) is 0 Å². The molecule has 0 aliphatic rings. The lowest BCUT2D eigenvalue weighted by atomic mass is 10.0. The molecule has 3 radical (unpaired) electrons. The topological polar surface area (TPSA) is 12.9 Å². The second-order valence-electron chi connectivity index (χ2n) is 3.77. The first-order valence-corrected chi connectivity index (χ1v) is 5.67. The van der Waals surface area contributed by atoms with Crippen molar-refractivity contribution in [3.8, 4) is 0 Å². The highest BCUT2D eigenvalue weighted by molar-refractivity contribution is 6.48. The van der Waals surface area contributed by atoms with Gasteiger partial charge in [-0.1, -0.05) is 17.7 Å². The van der Waals surface area contributed by atoms with Gasteiger partial charge in [0, 0.05) is 16.1 Å². The van der Waals surface area contributed by atoms with E-state index in [-0.39, 0.29) is 0 Å². The Kier molecular flexibility index (Phi) is 2.57. The van der Waals surface area contributed by atoms with Crippen LogP contribution in [0.25, 0.3) is 10.9 Å². The van der Waals surface area contributed by atoms with E-state index in [0.717, 1.165) is 26.8 Å². The molecule has 2 rings (SSSR count). The van der Waals surface area contributed by atoms with Crippen LogP contribution in [-0.2, 0) is 0 Å². The van der Waals surface area contributed by atoms with Crippen molar-refractivity contribution in [3.05, 3.63) is 34.0 Å². The van der Waals surface area contributed by atoms with E-state index in [4.69, 9.17) is 11.6 Å². The Morgan fingerprint density at radius 2 is 1.80 bits per heavy atom. The van der Waals surface area contributed by atoms with Crippen LogP contribution >= 0.6 is 11.6 Å².